The molecule has 0 fully saturated rings. The Morgan fingerprint density at radius 3 is 2.71 bits per heavy atom. The van der Waals surface area contributed by atoms with Crippen LogP contribution >= 0.6 is 0 Å². The van der Waals surface area contributed by atoms with Crippen molar-refractivity contribution in [1.29, 1.82) is 0 Å². The number of carbonyl (C=O) groups is 1. The monoisotopic (exact) mass is 371 g/mol. The lowest BCUT2D eigenvalue weighted by atomic mass is 10.2. The third-order valence-corrected chi connectivity index (χ3v) is 5.29. The van der Waals surface area contributed by atoms with Gasteiger partial charge in [0.1, 0.15) is 11.5 Å². The number of nitrogens with one attached hydrogen (secondary N) is 2. The number of aryl methyl sites for hydroxylation is 1. The maximum absolute atomic E-state index is 12.6. The zero-order valence-corrected chi connectivity index (χ0v) is 15.5. The van der Waals surface area contributed by atoms with Gasteiger partial charge in [0.25, 0.3) is 5.91 Å². The van der Waals surface area contributed by atoms with E-state index in [0.29, 0.717) is 5.69 Å². The van der Waals surface area contributed by atoms with E-state index >= 15 is 0 Å². The molecule has 5 rings (SSSR count). The Hall–Kier alpha value is -3.41. The fourth-order valence-corrected chi connectivity index (χ4v) is 3.80. The number of hydrogen-bond acceptors (Lipinski definition) is 3. The number of aromatic amines is 1. The van der Waals surface area contributed by atoms with E-state index in [0.717, 1.165) is 53.2 Å². The quantitative estimate of drug-likeness (QED) is 0.560. The van der Waals surface area contributed by atoms with E-state index in [-0.39, 0.29) is 5.91 Å². The van der Waals surface area contributed by atoms with Crippen molar-refractivity contribution in [3.05, 3.63) is 66.1 Å². The summed E-state index contributed by atoms with van der Waals surface area (Å²) in [6.07, 6.45) is 4.57. The van der Waals surface area contributed by atoms with Crippen molar-refractivity contribution in [3.63, 3.8) is 0 Å². The molecule has 0 atom stereocenters. The molecule has 0 bridgehead atoms. The van der Waals surface area contributed by atoms with Crippen LogP contribution in [0.25, 0.3) is 22.3 Å². The number of aromatic nitrogens is 4. The lowest BCUT2D eigenvalue weighted by Crippen LogP contribution is -2.12. The van der Waals surface area contributed by atoms with Crippen molar-refractivity contribution < 1.29 is 4.79 Å². The third-order valence-electron chi connectivity index (χ3n) is 5.29. The van der Waals surface area contributed by atoms with E-state index in [1.807, 2.05) is 54.6 Å². The van der Waals surface area contributed by atoms with E-state index in [1.165, 1.54) is 12.8 Å². The number of benzene rings is 2. The van der Waals surface area contributed by atoms with E-state index in [1.54, 1.807) is 0 Å². The molecule has 6 heteroatoms. The van der Waals surface area contributed by atoms with Gasteiger partial charge in [-0.2, -0.15) is 0 Å². The van der Waals surface area contributed by atoms with Crippen LogP contribution in [0.1, 0.15) is 35.6 Å². The highest BCUT2D eigenvalue weighted by Crippen LogP contribution is 2.24. The minimum Gasteiger partial charge on any atom is -0.351 e. The Morgan fingerprint density at radius 1 is 1.00 bits per heavy atom. The summed E-state index contributed by atoms with van der Waals surface area (Å²) in [6.45, 7) is 0.969. The first-order valence-electron chi connectivity index (χ1n) is 9.69. The number of fused-ring (bicyclic) bond motifs is 2. The lowest BCUT2D eigenvalue weighted by molar-refractivity contribution is 0.102. The largest absolute Gasteiger partial charge is 0.351 e. The number of hydrogen-bond donors (Lipinski definition) is 2. The van der Waals surface area contributed by atoms with Gasteiger partial charge in [0.05, 0.1) is 0 Å². The number of H-pyrrole nitrogens is 1. The predicted molar refractivity (Wildman–Crippen MR) is 109 cm³/mol. The number of rotatable bonds is 3. The SMILES string of the molecule is O=C(Nc1ccc(-c2nnc3n2CCCCC3)cc1)c1cc2ccccc2[nH]1. The van der Waals surface area contributed by atoms with Gasteiger partial charge in [-0.15, -0.1) is 10.2 Å². The molecule has 1 aliphatic heterocycles. The van der Waals surface area contributed by atoms with Gasteiger partial charge >= 0.3 is 0 Å². The highest BCUT2D eigenvalue weighted by Gasteiger charge is 2.16. The van der Waals surface area contributed by atoms with Gasteiger partial charge in [-0.1, -0.05) is 24.6 Å². The van der Waals surface area contributed by atoms with Crippen molar-refractivity contribution >= 4 is 22.5 Å². The zero-order chi connectivity index (χ0) is 18.9. The number of anilines is 1. The summed E-state index contributed by atoms with van der Waals surface area (Å²) < 4.78 is 2.23. The maximum atomic E-state index is 12.6. The molecule has 0 aliphatic carbocycles. The Morgan fingerprint density at radius 2 is 1.86 bits per heavy atom. The molecule has 6 nitrogen and oxygen atoms in total. The average Bonchev–Trinajstić information content (AvgIpc) is 3.26. The van der Waals surface area contributed by atoms with Gasteiger partial charge in [0.15, 0.2) is 5.82 Å². The van der Waals surface area contributed by atoms with Gasteiger partial charge in [-0.05, 0) is 49.2 Å². The van der Waals surface area contributed by atoms with Gasteiger partial charge in [0, 0.05) is 35.1 Å². The Kier molecular flexibility index (Phi) is 4.16. The van der Waals surface area contributed by atoms with Crippen LogP contribution in [0, 0.1) is 0 Å². The molecule has 2 aromatic carbocycles. The summed E-state index contributed by atoms with van der Waals surface area (Å²) in [7, 11) is 0. The van der Waals surface area contributed by atoms with Crippen molar-refractivity contribution in [2.75, 3.05) is 5.32 Å². The second kappa shape index (κ2) is 6.96. The van der Waals surface area contributed by atoms with E-state index in [4.69, 9.17) is 0 Å². The molecule has 3 heterocycles. The summed E-state index contributed by atoms with van der Waals surface area (Å²) in [5.74, 6) is 1.83. The van der Waals surface area contributed by atoms with Crippen molar-refractivity contribution in [2.45, 2.75) is 32.2 Å². The number of amides is 1. The van der Waals surface area contributed by atoms with Crippen LogP contribution in [0.3, 0.4) is 0 Å². The second-order valence-corrected chi connectivity index (χ2v) is 7.20. The fraction of sp³-hybridized carbons (Fsp3) is 0.227. The topological polar surface area (TPSA) is 75.6 Å². The molecule has 2 aromatic heterocycles. The van der Waals surface area contributed by atoms with Gasteiger partial charge in [-0.25, -0.2) is 0 Å². The van der Waals surface area contributed by atoms with Crippen molar-refractivity contribution in [2.24, 2.45) is 0 Å². The van der Waals surface area contributed by atoms with Crippen molar-refractivity contribution in [3.8, 4) is 11.4 Å². The molecular weight excluding hydrogens is 350 g/mol. The molecule has 1 amide bonds. The zero-order valence-electron chi connectivity index (χ0n) is 15.5. The van der Waals surface area contributed by atoms with Crippen LogP contribution in [0.2, 0.25) is 0 Å². The van der Waals surface area contributed by atoms with Crippen LogP contribution in [-0.4, -0.2) is 25.7 Å². The smallest absolute Gasteiger partial charge is 0.272 e. The highest BCUT2D eigenvalue weighted by molar-refractivity contribution is 6.05. The van der Waals surface area contributed by atoms with Crippen LogP contribution in [0.5, 0.6) is 0 Å². The molecule has 4 aromatic rings. The van der Waals surface area contributed by atoms with Gasteiger partial charge < -0.3 is 14.9 Å². The normalized spacial score (nSPS) is 13.9. The van der Waals surface area contributed by atoms with Crippen LogP contribution in [0.4, 0.5) is 5.69 Å². The second-order valence-electron chi connectivity index (χ2n) is 7.20. The number of nitrogens with zero attached hydrogens (tertiary/aromatic N) is 3. The summed E-state index contributed by atoms with van der Waals surface area (Å²) in [5, 5.41) is 12.7. The molecular formula is C22H21N5O. The minimum atomic E-state index is -0.153. The Labute approximate surface area is 162 Å². The molecule has 0 saturated heterocycles. The van der Waals surface area contributed by atoms with Gasteiger partial charge in [0.2, 0.25) is 0 Å². The van der Waals surface area contributed by atoms with E-state index < -0.39 is 0 Å². The summed E-state index contributed by atoms with van der Waals surface area (Å²) >= 11 is 0. The first-order chi connectivity index (χ1) is 13.8. The highest BCUT2D eigenvalue weighted by atomic mass is 16.1. The molecule has 140 valence electrons. The number of carbonyl (C=O) groups excluding carboxylic acids is 1. The lowest BCUT2D eigenvalue weighted by Gasteiger charge is -2.08. The summed E-state index contributed by atoms with van der Waals surface area (Å²) in [4.78, 5) is 15.7. The summed E-state index contributed by atoms with van der Waals surface area (Å²) in [5.41, 5.74) is 3.27. The standard InChI is InChI=1S/C22H21N5O/c28-22(19-14-16-6-3-4-7-18(16)24-19)23-17-11-9-15(10-12-17)21-26-25-20-8-2-1-5-13-27(20)21/h3-4,6-7,9-12,14,24H,1-2,5,8,13H2,(H,23,28). The molecule has 2 N–H and O–H groups in total. The molecule has 28 heavy (non-hydrogen) atoms. The molecule has 0 unspecified atom stereocenters. The average molecular weight is 371 g/mol. The Bertz CT molecular complexity index is 1110. The molecule has 0 spiro atoms. The molecule has 1 aliphatic rings. The predicted octanol–water partition coefficient (Wildman–Crippen LogP) is 4.41. The minimum absolute atomic E-state index is 0.153. The molecule has 0 radical (unpaired) electrons. The van der Waals surface area contributed by atoms with Crippen molar-refractivity contribution in [1.82, 2.24) is 19.7 Å². The number of para-hydroxylation sites is 1. The van der Waals surface area contributed by atoms with Gasteiger partial charge in [-0.3, -0.25) is 4.79 Å². The molecule has 0 saturated carbocycles. The first kappa shape index (κ1) is 16.7. The third kappa shape index (κ3) is 3.07. The summed E-state index contributed by atoms with van der Waals surface area (Å²) in [6, 6.07) is 17.5. The van der Waals surface area contributed by atoms with E-state index in [9.17, 15) is 4.79 Å². The van der Waals surface area contributed by atoms with Crippen LogP contribution in [0.15, 0.2) is 54.6 Å². The fourth-order valence-electron chi connectivity index (χ4n) is 3.80. The Balaban J connectivity index is 1.35. The van der Waals surface area contributed by atoms with Crippen LogP contribution in [-0.2, 0) is 13.0 Å². The van der Waals surface area contributed by atoms with Crippen LogP contribution < -0.4 is 5.32 Å². The maximum Gasteiger partial charge on any atom is 0.272 e. The van der Waals surface area contributed by atoms with E-state index in [2.05, 4.69) is 25.1 Å². The first-order valence-corrected chi connectivity index (χ1v) is 9.69.